The molecule has 0 fully saturated rings. The Balaban J connectivity index is 0.000000300. The third kappa shape index (κ3) is 5.64. The molecule has 0 saturated heterocycles. The first kappa shape index (κ1) is 21.1. The van der Waals surface area contributed by atoms with E-state index < -0.39 is 11.9 Å². The third-order valence-electron chi connectivity index (χ3n) is 3.92. The molecule has 1 atom stereocenters. The van der Waals surface area contributed by atoms with Gasteiger partial charge in [0.1, 0.15) is 0 Å². The molecule has 0 aliphatic rings. The highest BCUT2D eigenvalue weighted by molar-refractivity contribution is 7.17. The van der Waals surface area contributed by atoms with E-state index in [0.717, 1.165) is 6.42 Å². The van der Waals surface area contributed by atoms with Crippen molar-refractivity contribution in [3.8, 4) is 11.1 Å². The fourth-order valence-corrected chi connectivity index (χ4v) is 3.66. The van der Waals surface area contributed by atoms with E-state index in [0.29, 0.717) is 12.2 Å². The maximum Gasteiger partial charge on any atom is 0.328 e. The second kappa shape index (κ2) is 10.2. The SMILES string of the molecule is C=CCC(N)c1ccccc1-c1csc2ccccc12.O=C(O)/C=C\C(=O)O. The number of thiophene rings is 1. The van der Waals surface area contributed by atoms with Crippen LogP contribution < -0.4 is 5.73 Å². The van der Waals surface area contributed by atoms with E-state index in [9.17, 15) is 9.59 Å². The number of aliphatic carboxylic acids is 2. The lowest BCUT2D eigenvalue weighted by molar-refractivity contribution is -0.134. The molecule has 5 nitrogen and oxygen atoms in total. The zero-order valence-electron chi connectivity index (χ0n) is 15.1. The van der Waals surface area contributed by atoms with E-state index in [1.165, 1.54) is 26.8 Å². The molecule has 0 bridgehead atoms. The first-order valence-corrected chi connectivity index (χ1v) is 9.38. The summed E-state index contributed by atoms with van der Waals surface area (Å²) in [5.41, 5.74) is 9.99. The van der Waals surface area contributed by atoms with Crippen LogP contribution in [0.2, 0.25) is 0 Å². The van der Waals surface area contributed by atoms with Gasteiger partial charge in [0.2, 0.25) is 0 Å². The number of carboxylic acids is 2. The van der Waals surface area contributed by atoms with Crippen molar-refractivity contribution in [2.75, 3.05) is 0 Å². The highest BCUT2D eigenvalue weighted by Gasteiger charge is 2.13. The maximum absolute atomic E-state index is 9.55. The van der Waals surface area contributed by atoms with E-state index >= 15 is 0 Å². The molecular formula is C22H21NO4S. The molecule has 0 aliphatic carbocycles. The zero-order valence-corrected chi connectivity index (χ0v) is 15.9. The smallest absolute Gasteiger partial charge is 0.328 e. The minimum atomic E-state index is -1.26. The summed E-state index contributed by atoms with van der Waals surface area (Å²) in [5, 5.41) is 19.2. The molecule has 144 valence electrons. The number of rotatable bonds is 6. The van der Waals surface area contributed by atoms with Gasteiger partial charge in [-0.1, -0.05) is 48.5 Å². The molecule has 1 aromatic heterocycles. The number of carboxylic acid groups (broad SMARTS) is 2. The van der Waals surface area contributed by atoms with Crippen LogP contribution in [0.3, 0.4) is 0 Å². The maximum atomic E-state index is 9.55. The minimum Gasteiger partial charge on any atom is -0.478 e. The monoisotopic (exact) mass is 395 g/mol. The average molecular weight is 395 g/mol. The van der Waals surface area contributed by atoms with E-state index in [1.807, 2.05) is 6.08 Å². The van der Waals surface area contributed by atoms with Gasteiger partial charge in [-0.25, -0.2) is 9.59 Å². The number of hydrogen-bond acceptors (Lipinski definition) is 4. The van der Waals surface area contributed by atoms with Crippen LogP contribution in [-0.2, 0) is 9.59 Å². The molecule has 0 spiro atoms. The van der Waals surface area contributed by atoms with Crippen molar-refractivity contribution in [2.45, 2.75) is 12.5 Å². The van der Waals surface area contributed by atoms with Gasteiger partial charge in [-0.3, -0.25) is 0 Å². The van der Waals surface area contributed by atoms with Gasteiger partial charge < -0.3 is 15.9 Å². The lowest BCUT2D eigenvalue weighted by Crippen LogP contribution is -2.10. The Morgan fingerprint density at radius 2 is 1.61 bits per heavy atom. The van der Waals surface area contributed by atoms with Crippen LogP contribution in [0.5, 0.6) is 0 Å². The molecule has 28 heavy (non-hydrogen) atoms. The number of hydrogen-bond donors (Lipinski definition) is 3. The van der Waals surface area contributed by atoms with Gasteiger partial charge in [0.15, 0.2) is 0 Å². The van der Waals surface area contributed by atoms with Gasteiger partial charge in [-0.15, -0.1) is 17.9 Å². The Bertz CT molecular complexity index is 990. The fourth-order valence-electron chi connectivity index (χ4n) is 2.70. The number of benzene rings is 2. The molecule has 3 rings (SSSR count). The Morgan fingerprint density at radius 3 is 2.25 bits per heavy atom. The Morgan fingerprint density at radius 1 is 1.00 bits per heavy atom. The van der Waals surface area contributed by atoms with Gasteiger partial charge in [-0.2, -0.15) is 0 Å². The molecule has 0 amide bonds. The number of carbonyl (C=O) groups is 2. The van der Waals surface area contributed by atoms with Crippen LogP contribution in [0.15, 0.2) is 78.7 Å². The summed E-state index contributed by atoms with van der Waals surface area (Å²) in [7, 11) is 0. The molecular weight excluding hydrogens is 374 g/mol. The van der Waals surface area contributed by atoms with Crippen LogP contribution in [0, 0.1) is 0 Å². The Kier molecular flexibility index (Phi) is 7.68. The minimum absolute atomic E-state index is 0.00219. The molecule has 1 unspecified atom stereocenters. The summed E-state index contributed by atoms with van der Waals surface area (Å²) in [4.78, 5) is 19.1. The Labute approximate surface area is 167 Å². The van der Waals surface area contributed by atoms with Crippen molar-refractivity contribution in [1.29, 1.82) is 0 Å². The summed E-state index contributed by atoms with van der Waals surface area (Å²) >= 11 is 1.78. The highest BCUT2D eigenvalue weighted by Crippen LogP contribution is 2.37. The van der Waals surface area contributed by atoms with E-state index in [2.05, 4.69) is 60.5 Å². The second-order valence-electron chi connectivity index (χ2n) is 5.87. The molecule has 0 radical (unpaired) electrons. The van der Waals surface area contributed by atoms with Crippen LogP contribution in [0.25, 0.3) is 21.2 Å². The molecule has 1 heterocycles. The van der Waals surface area contributed by atoms with E-state index in [4.69, 9.17) is 15.9 Å². The van der Waals surface area contributed by atoms with Crippen LogP contribution in [0.1, 0.15) is 18.0 Å². The fraction of sp³-hybridized carbons (Fsp3) is 0.0909. The van der Waals surface area contributed by atoms with E-state index in [1.54, 1.807) is 11.3 Å². The van der Waals surface area contributed by atoms with E-state index in [-0.39, 0.29) is 6.04 Å². The molecule has 6 heteroatoms. The standard InChI is InChI=1S/C18H17NS.C4H4O4/c1-2-7-17(19)14-9-4-3-8-13(14)16-12-20-18-11-6-5-10-15(16)18;5-3(6)1-2-4(7)8/h2-6,8-12,17H,1,7,19H2;1-2H,(H,5,6)(H,7,8)/b;2-1-. The van der Waals surface area contributed by atoms with Crippen molar-refractivity contribution < 1.29 is 19.8 Å². The summed E-state index contributed by atoms with van der Waals surface area (Å²) in [6.45, 7) is 3.79. The summed E-state index contributed by atoms with van der Waals surface area (Å²) in [6, 6.07) is 16.9. The van der Waals surface area contributed by atoms with Crippen molar-refractivity contribution in [3.63, 3.8) is 0 Å². The lowest BCUT2D eigenvalue weighted by atomic mass is 9.93. The first-order chi connectivity index (χ1) is 13.4. The molecule has 3 aromatic rings. The number of fused-ring (bicyclic) bond motifs is 1. The van der Waals surface area contributed by atoms with Gasteiger partial charge >= 0.3 is 11.9 Å². The average Bonchev–Trinajstić information content (AvgIpc) is 3.11. The second-order valence-corrected chi connectivity index (χ2v) is 6.78. The largest absolute Gasteiger partial charge is 0.478 e. The Hall–Kier alpha value is -3.22. The normalized spacial score (nSPS) is 11.6. The summed E-state index contributed by atoms with van der Waals surface area (Å²) in [5.74, 6) is -2.51. The van der Waals surface area contributed by atoms with Crippen molar-refractivity contribution in [3.05, 3.63) is 84.3 Å². The molecule has 2 aromatic carbocycles. The first-order valence-electron chi connectivity index (χ1n) is 8.50. The third-order valence-corrected chi connectivity index (χ3v) is 4.88. The van der Waals surface area contributed by atoms with Crippen molar-refractivity contribution in [1.82, 2.24) is 0 Å². The quantitative estimate of drug-likeness (QED) is 0.409. The number of nitrogens with two attached hydrogens (primary N) is 1. The van der Waals surface area contributed by atoms with Crippen molar-refractivity contribution >= 4 is 33.4 Å². The molecule has 4 N–H and O–H groups in total. The highest BCUT2D eigenvalue weighted by atomic mass is 32.1. The van der Waals surface area contributed by atoms with Gasteiger partial charge in [-0.05, 0) is 29.0 Å². The zero-order chi connectivity index (χ0) is 20.5. The predicted octanol–water partition coefficient (Wildman–Crippen LogP) is 4.86. The van der Waals surface area contributed by atoms with Gasteiger partial charge in [0.25, 0.3) is 0 Å². The van der Waals surface area contributed by atoms with Crippen LogP contribution in [-0.4, -0.2) is 22.2 Å². The van der Waals surface area contributed by atoms with Gasteiger partial charge in [0.05, 0.1) is 0 Å². The van der Waals surface area contributed by atoms with Crippen LogP contribution >= 0.6 is 11.3 Å². The molecule has 0 aliphatic heterocycles. The summed E-state index contributed by atoms with van der Waals surface area (Å²) in [6.07, 6.45) is 3.79. The predicted molar refractivity (Wildman–Crippen MR) is 113 cm³/mol. The van der Waals surface area contributed by atoms with Crippen LogP contribution in [0.4, 0.5) is 0 Å². The lowest BCUT2D eigenvalue weighted by Gasteiger charge is -2.14. The topological polar surface area (TPSA) is 101 Å². The summed E-state index contributed by atoms with van der Waals surface area (Å²) < 4.78 is 1.31. The van der Waals surface area contributed by atoms with Gasteiger partial charge in [0, 0.05) is 33.8 Å². The molecule has 0 saturated carbocycles. The van der Waals surface area contributed by atoms with Crippen molar-refractivity contribution in [2.24, 2.45) is 5.73 Å².